The van der Waals surface area contributed by atoms with Crippen LogP contribution < -0.4 is 5.32 Å². The molecule has 2 saturated heterocycles. The topological polar surface area (TPSA) is 49.4 Å². The normalized spacial score (nSPS) is 20.8. The van der Waals surface area contributed by atoms with Crippen molar-refractivity contribution in [3.8, 4) is 11.1 Å². The van der Waals surface area contributed by atoms with Gasteiger partial charge in [0.2, 0.25) is 5.91 Å². The highest BCUT2D eigenvalue weighted by molar-refractivity contribution is 6.31. The summed E-state index contributed by atoms with van der Waals surface area (Å²) in [6.45, 7) is 3.24. The number of carbonyl (C=O) groups excluding carboxylic acids is 2. The number of hydrogen-bond acceptors (Lipinski definition) is 2. The summed E-state index contributed by atoms with van der Waals surface area (Å²) in [7, 11) is 0. The van der Waals surface area contributed by atoms with Crippen LogP contribution in [0.4, 0.5) is 0 Å². The van der Waals surface area contributed by atoms with Crippen molar-refractivity contribution < 1.29 is 9.59 Å². The molecule has 3 aromatic carbocycles. The van der Waals surface area contributed by atoms with E-state index in [1.807, 2.05) is 48.2 Å². The summed E-state index contributed by atoms with van der Waals surface area (Å²) in [6.07, 6.45) is 0.516. The molecule has 0 bridgehead atoms. The third kappa shape index (κ3) is 3.18. The van der Waals surface area contributed by atoms with Crippen molar-refractivity contribution in [1.29, 1.82) is 0 Å². The van der Waals surface area contributed by atoms with Gasteiger partial charge >= 0.3 is 0 Å². The van der Waals surface area contributed by atoms with Gasteiger partial charge in [-0.2, -0.15) is 0 Å². The van der Waals surface area contributed by atoms with Gasteiger partial charge in [-0.05, 0) is 52.6 Å². The molecular formula is C24H21ClN2O2. The fourth-order valence-corrected chi connectivity index (χ4v) is 5.01. The lowest BCUT2D eigenvalue weighted by Gasteiger charge is -2.19. The van der Waals surface area contributed by atoms with Crippen LogP contribution in [0.5, 0.6) is 0 Å². The van der Waals surface area contributed by atoms with Crippen LogP contribution >= 0.6 is 11.6 Å². The summed E-state index contributed by atoms with van der Waals surface area (Å²) in [5, 5.41) is 5.66. The van der Waals surface area contributed by atoms with E-state index in [1.54, 1.807) is 0 Å². The second-order valence-corrected chi connectivity index (χ2v) is 8.51. The van der Waals surface area contributed by atoms with Gasteiger partial charge in [-0.1, -0.05) is 48.0 Å². The molecule has 2 atom stereocenters. The van der Waals surface area contributed by atoms with Crippen LogP contribution in [0, 0.1) is 12.8 Å². The standard InChI is InChI=1S/C24H21ClN2O2/c1-14-8-15(10-17(25)9-14)18-4-2-6-20-19(18)5-3-7-21(20)24(29)27-12-16-11-23(28)26-22(16)13-27/h2-10,16,22H,11-13H2,1H3,(H,26,28)/t16-,22+/m0/s1. The Kier molecular flexibility index (Phi) is 4.32. The lowest BCUT2D eigenvalue weighted by molar-refractivity contribution is -0.119. The van der Waals surface area contributed by atoms with Crippen molar-refractivity contribution in [3.63, 3.8) is 0 Å². The Labute approximate surface area is 174 Å². The maximum absolute atomic E-state index is 13.3. The van der Waals surface area contributed by atoms with E-state index < -0.39 is 0 Å². The average molecular weight is 405 g/mol. The van der Waals surface area contributed by atoms with Gasteiger partial charge < -0.3 is 10.2 Å². The van der Waals surface area contributed by atoms with Crippen LogP contribution in [0.15, 0.2) is 54.6 Å². The van der Waals surface area contributed by atoms with Crippen molar-refractivity contribution in [2.75, 3.05) is 13.1 Å². The van der Waals surface area contributed by atoms with E-state index in [0.717, 1.165) is 27.5 Å². The predicted octanol–water partition coefficient (Wildman–Crippen LogP) is 4.43. The first-order valence-corrected chi connectivity index (χ1v) is 10.3. The largest absolute Gasteiger partial charge is 0.351 e. The molecule has 1 N–H and O–H groups in total. The summed E-state index contributed by atoms with van der Waals surface area (Å²) in [5.41, 5.74) is 3.91. The first kappa shape index (κ1) is 18.2. The van der Waals surface area contributed by atoms with Gasteiger partial charge in [-0.25, -0.2) is 0 Å². The number of nitrogens with one attached hydrogen (secondary N) is 1. The highest BCUT2D eigenvalue weighted by Gasteiger charge is 2.41. The molecule has 5 heteroatoms. The van der Waals surface area contributed by atoms with Gasteiger partial charge in [0.25, 0.3) is 5.91 Å². The van der Waals surface area contributed by atoms with Crippen LogP contribution in [-0.2, 0) is 4.79 Å². The number of amides is 2. The third-order valence-corrected chi connectivity index (χ3v) is 6.25. The van der Waals surface area contributed by atoms with E-state index in [2.05, 4.69) is 23.5 Å². The van der Waals surface area contributed by atoms with E-state index in [1.165, 1.54) is 0 Å². The molecule has 146 valence electrons. The molecule has 0 spiro atoms. The number of fused-ring (bicyclic) bond motifs is 2. The number of nitrogens with zero attached hydrogens (tertiary/aromatic N) is 1. The highest BCUT2D eigenvalue weighted by atomic mass is 35.5. The summed E-state index contributed by atoms with van der Waals surface area (Å²) < 4.78 is 0. The number of carbonyl (C=O) groups is 2. The fraction of sp³-hybridized carbons (Fsp3) is 0.250. The van der Waals surface area contributed by atoms with Gasteiger partial charge in [-0.15, -0.1) is 0 Å². The van der Waals surface area contributed by atoms with E-state index >= 15 is 0 Å². The minimum atomic E-state index is 0.0265. The third-order valence-electron chi connectivity index (χ3n) is 6.03. The number of aryl methyl sites for hydroxylation is 1. The Morgan fingerprint density at radius 1 is 1.07 bits per heavy atom. The van der Waals surface area contributed by atoms with E-state index in [9.17, 15) is 9.59 Å². The minimum Gasteiger partial charge on any atom is -0.351 e. The SMILES string of the molecule is Cc1cc(Cl)cc(-c2cccc3c(C(=O)N4C[C@@H]5CC(=O)N[C@@H]5C4)cccc23)c1. The lowest BCUT2D eigenvalue weighted by atomic mass is 9.94. The average Bonchev–Trinajstić information content (AvgIpc) is 3.23. The van der Waals surface area contributed by atoms with Crippen LogP contribution in [-0.4, -0.2) is 35.8 Å². The summed E-state index contributed by atoms with van der Waals surface area (Å²) in [6, 6.07) is 18.0. The number of likely N-dealkylation sites (tertiary alicyclic amines) is 1. The Balaban J connectivity index is 1.54. The molecule has 4 nitrogen and oxygen atoms in total. The molecule has 2 heterocycles. The Hall–Kier alpha value is -2.85. The van der Waals surface area contributed by atoms with E-state index in [4.69, 9.17) is 11.6 Å². The molecule has 0 aromatic heterocycles. The van der Waals surface area contributed by atoms with Gasteiger partial charge in [0.1, 0.15) is 0 Å². The van der Waals surface area contributed by atoms with Crippen LogP contribution in [0.3, 0.4) is 0 Å². The highest BCUT2D eigenvalue weighted by Crippen LogP contribution is 2.34. The van der Waals surface area contributed by atoms with Crippen molar-refractivity contribution in [2.45, 2.75) is 19.4 Å². The first-order valence-electron chi connectivity index (χ1n) is 9.87. The molecule has 2 fully saturated rings. The quantitative estimate of drug-likeness (QED) is 0.687. The molecule has 29 heavy (non-hydrogen) atoms. The summed E-state index contributed by atoms with van der Waals surface area (Å²) >= 11 is 6.29. The molecule has 0 radical (unpaired) electrons. The summed E-state index contributed by atoms with van der Waals surface area (Å²) in [5.74, 6) is 0.351. The molecule has 2 aliphatic heterocycles. The molecule has 5 rings (SSSR count). The number of benzene rings is 3. The smallest absolute Gasteiger partial charge is 0.254 e. The number of hydrogen-bond donors (Lipinski definition) is 1. The van der Waals surface area contributed by atoms with Crippen LogP contribution in [0.1, 0.15) is 22.3 Å². The number of halogens is 1. The Morgan fingerprint density at radius 2 is 1.86 bits per heavy atom. The van der Waals surface area contributed by atoms with Crippen molar-refractivity contribution in [2.24, 2.45) is 5.92 Å². The van der Waals surface area contributed by atoms with Gasteiger partial charge in [0.15, 0.2) is 0 Å². The molecule has 3 aromatic rings. The van der Waals surface area contributed by atoms with E-state index in [0.29, 0.717) is 30.1 Å². The van der Waals surface area contributed by atoms with Gasteiger partial charge in [0, 0.05) is 36.0 Å². The first-order chi connectivity index (χ1) is 14.0. The zero-order chi connectivity index (χ0) is 20.1. The van der Waals surface area contributed by atoms with Gasteiger partial charge in [0.05, 0.1) is 6.04 Å². The molecule has 0 saturated carbocycles. The van der Waals surface area contributed by atoms with Crippen molar-refractivity contribution in [3.05, 3.63) is 70.7 Å². The maximum Gasteiger partial charge on any atom is 0.254 e. The number of rotatable bonds is 2. The van der Waals surface area contributed by atoms with Crippen molar-refractivity contribution in [1.82, 2.24) is 10.2 Å². The second-order valence-electron chi connectivity index (χ2n) is 8.07. The maximum atomic E-state index is 13.3. The second kappa shape index (κ2) is 6.89. The molecule has 0 aliphatic carbocycles. The molecule has 2 aliphatic rings. The fourth-order valence-electron chi connectivity index (χ4n) is 4.72. The summed E-state index contributed by atoms with van der Waals surface area (Å²) in [4.78, 5) is 26.8. The Morgan fingerprint density at radius 3 is 2.66 bits per heavy atom. The zero-order valence-corrected chi connectivity index (χ0v) is 16.9. The van der Waals surface area contributed by atoms with Gasteiger partial charge in [-0.3, -0.25) is 9.59 Å². The minimum absolute atomic E-state index is 0.0265. The molecular weight excluding hydrogens is 384 g/mol. The Bertz CT molecular complexity index is 1120. The zero-order valence-electron chi connectivity index (χ0n) is 16.1. The molecule has 2 amide bonds. The predicted molar refractivity (Wildman–Crippen MR) is 115 cm³/mol. The van der Waals surface area contributed by atoms with Crippen LogP contribution in [0.2, 0.25) is 5.02 Å². The van der Waals surface area contributed by atoms with E-state index in [-0.39, 0.29) is 23.8 Å². The monoisotopic (exact) mass is 404 g/mol. The van der Waals surface area contributed by atoms with Crippen molar-refractivity contribution >= 4 is 34.2 Å². The lowest BCUT2D eigenvalue weighted by Crippen LogP contribution is -2.35. The molecule has 0 unspecified atom stereocenters. The van der Waals surface area contributed by atoms with Crippen LogP contribution in [0.25, 0.3) is 21.9 Å².